The van der Waals surface area contributed by atoms with Crippen LogP contribution >= 0.6 is 11.8 Å². The molecule has 1 heterocycles. The van der Waals surface area contributed by atoms with Crippen LogP contribution in [0.1, 0.15) is 52.6 Å². The third-order valence-electron chi connectivity index (χ3n) is 9.12. The molecule has 12 heteroatoms. The predicted octanol–water partition coefficient (Wildman–Crippen LogP) is 8.65. The summed E-state index contributed by atoms with van der Waals surface area (Å²) in [5.41, 5.74) is 0.851. The number of carbonyl (C=O) groups is 1. The van der Waals surface area contributed by atoms with Crippen molar-refractivity contribution in [2.24, 2.45) is 5.92 Å². The van der Waals surface area contributed by atoms with Crippen LogP contribution in [0.2, 0.25) is 0 Å². The van der Waals surface area contributed by atoms with E-state index in [1.165, 1.54) is 35.1 Å². The molecule has 1 saturated carbocycles. The second-order valence-corrected chi connectivity index (χ2v) is 13.4. The molecule has 3 N–H and O–H groups in total. The summed E-state index contributed by atoms with van der Waals surface area (Å²) in [6.45, 7) is 0.653. The summed E-state index contributed by atoms with van der Waals surface area (Å²) in [5.74, 6) is 1.49. The average Bonchev–Trinajstić information content (AvgIpc) is 3.72. The molecule has 7 rings (SSSR count). The van der Waals surface area contributed by atoms with Crippen LogP contribution in [0.4, 0.5) is 32.0 Å². The minimum atomic E-state index is -5.88. The van der Waals surface area contributed by atoms with Crippen LogP contribution in [0, 0.1) is 17.2 Å². The average molecular weight is 696 g/mol. The van der Waals surface area contributed by atoms with E-state index < -0.39 is 35.3 Å². The van der Waals surface area contributed by atoms with Gasteiger partial charge in [0.15, 0.2) is 0 Å². The van der Waals surface area contributed by atoms with E-state index in [0.29, 0.717) is 24.7 Å². The van der Waals surface area contributed by atoms with Crippen LogP contribution in [0.5, 0.6) is 0 Å². The summed E-state index contributed by atoms with van der Waals surface area (Å²) in [4.78, 5) is 13.9. The predicted molar refractivity (Wildman–Crippen MR) is 175 cm³/mol. The second-order valence-electron chi connectivity index (χ2n) is 12.3. The third kappa shape index (κ3) is 6.67. The Hall–Kier alpha value is -4.31. The van der Waals surface area contributed by atoms with Gasteiger partial charge in [0.05, 0.1) is 12.7 Å². The number of amides is 1. The maximum Gasteiger partial charge on any atom is 0.420 e. The van der Waals surface area contributed by atoms with Gasteiger partial charge in [-0.05, 0) is 82.0 Å². The fourth-order valence-corrected chi connectivity index (χ4v) is 7.47. The molecule has 0 saturated heterocycles. The van der Waals surface area contributed by atoms with Gasteiger partial charge in [0, 0.05) is 28.8 Å². The van der Waals surface area contributed by atoms with Crippen LogP contribution in [0.3, 0.4) is 0 Å². The van der Waals surface area contributed by atoms with E-state index in [4.69, 9.17) is 5.26 Å². The minimum Gasteiger partial charge on any atom is -0.395 e. The first kappa shape index (κ1) is 34.5. The Morgan fingerprint density at radius 1 is 0.857 bits per heavy atom. The first-order valence-electron chi connectivity index (χ1n) is 15.6. The highest BCUT2D eigenvalue weighted by atomic mass is 32.2. The van der Waals surface area contributed by atoms with Gasteiger partial charge >= 0.3 is 12.4 Å². The van der Waals surface area contributed by atoms with Crippen LogP contribution in [-0.2, 0) is 16.8 Å². The van der Waals surface area contributed by atoms with Gasteiger partial charge in [-0.1, -0.05) is 66.7 Å². The van der Waals surface area contributed by atoms with Crippen LogP contribution in [0.15, 0.2) is 95.9 Å². The molecule has 5 nitrogen and oxygen atoms in total. The molecule has 0 radical (unpaired) electrons. The molecule has 49 heavy (non-hydrogen) atoms. The van der Waals surface area contributed by atoms with E-state index >= 15 is 0 Å². The van der Waals surface area contributed by atoms with Gasteiger partial charge in [0.25, 0.3) is 5.41 Å². The lowest BCUT2D eigenvalue weighted by Gasteiger charge is -2.31. The molecule has 0 bridgehead atoms. The van der Waals surface area contributed by atoms with Crippen LogP contribution in [-0.4, -0.2) is 35.7 Å². The number of fused-ring (bicyclic) bond motifs is 4. The van der Waals surface area contributed by atoms with Crippen molar-refractivity contribution >= 4 is 23.4 Å². The zero-order valence-electron chi connectivity index (χ0n) is 25.9. The lowest BCUT2D eigenvalue weighted by atomic mass is 9.80. The Balaban J connectivity index is 0.000000229. The molecule has 254 valence electrons. The molecule has 0 spiro atoms. The maximum atomic E-state index is 13.3. The smallest absolute Gasteiger partial charge is 0.395 e. The first-order valence-corrected chi connectivity index (χ1v) is 16.6. The van der Waals surface area contributed by atoms with Gasteiger partial charge in [-0.25, -0.2) is 0 Å². The Morgan fingerprint density at radius 2 is 1.45 bits per heavy atom. The molecule has 0 aromatic heterocycles. The first-order chi connectivity index (χ1) is 23.4. The minimum absolute atomic E-state index is 0.0109. The molecule has 4 aromatic carbocycles. The number of benzene rings is 4. The molecular formula is C37H31F6N3O2S. The van der Waals surface area contributed by atoms with E-state index in [2.05, 4.69) is 47.0 Å². The van der Waals surface area contributed by atoms with Crippen LogP contribution in [0.25, 0.3) is 11.1 Å². The summed E-state index contributed by atoms with van der Waals surface area (Å²) in [5, 5.41) is 23.9. The number of rotatable bonds is 7. The zero-order valence-corrected chi connectivity index (χ0v) is 26.7. The number of halogens is 6. The maximum absolute atomic E-state index is 13.3. The number of thioether (sulfide) groups is 1. The highest BCUT2D eigenvalue weighted by Gasteiger charge is 2.72. The summed E-state index contributed by atoms with van der Waals surface area (Å²) in [6.07, 6.45) is -9.24. The van der Waals surface area contributed by atoms with Gasteiger partial charge in [-0.3, -0.25) is 10.1 Å². The van der Waals surface area contributed by atoms with Gasteiger partial charge in [0.2, 0.25) is 5.91 Å². The fraction of sp³-hybridized carbons (Fsp3) is 0.297. The van der Waals surface area contributed by atoms with Crippen molar-refractivity contribution in [1.29, 1.82) is 5.26 Å². The second kappa shape index (κ2) is 13.5. The lowest BCUT2D eigenvalue weighted by Crippen LogP contribution is -2.52. The zero-order chi connectivity index (χ0) is 35.0. The van der Waals surface area contributed by atoms with Crippen molar-refractivity contribution in [2.75, 3.05) is 17.7 Å². The van der Waals surface area contributed by atoms with Crippen molar-refractivity contribution in [1.82, 2.24) is 5.32 Å². The van der Waals surface area contributed by atoms with Crippen molar-refractivity contribution in [3.8, 4) is 17.2 Å². The highest BCUT2D eigenvalue weighted by molar-refractivity contribution is 7.99. The number of carbonyl (C=O) groups excluding carboxylic acids is 1. The number of anilines is 1. The van der Waals surface area contributed by atoms with Crippen molar-refractivity contribution in [2.45, 2.75) is 54.0 Å². The number of nitriles is 1. The quantitative estimate of drug-likeness (QED) is 0.133. The number of aliphatic hydroxyl groups excluding tert-OH is 1. The summed E-state index contributed by atoms with van der Waals surface area (Å²) in [7, 11) is 0. The standard InChI is InChI=1S/C23H19F6N3OS.C14H12O/c24-22(25,26)21(12-30,23(27,28)29)15-3-5-16(6-4-15)32-20(33)19-18-8-7-17(9-14(18)10-31-19)34-11-13-1-2-13;15-9-14-12-7-3-1-5-10(12)11-6-2-4-8-13(11)14/h3-9,13,19,31H,1-2,10-11H2,(H,32,33);1-8,14-15H,9H2. The van der Waals surface area contributed by atoms with Gasteiger partial charge in [0.1, 0.15) is 6.04 Å². The lowest BCUT2D eigenvalue weighted by molar-refractivity contribution is -0.283. The van der Waals surface area contributed by atoms with Crippen molar-refractivity contribution in [3.05, 3.63) is 119 Å². The normalized spacial score (nSPS) is 16.9. The number of nitrogens with zero attached hydrogens (tertiary/aromatic N) is 1. The van der Waals surface area contributed by atoms with Gasteiger partial charge in [-0.15, -0.1) is 11.8 Å². The monoisotopic (exact) mass is 695 g/mol. The number of alkyl halides is 6. The Morgan fingerprint density at radius 3 is 1.98 bits per heavy atom. The summed E-state index contributed by atoms with van der Waals surface area (Å²) in [6, 6.07) is 25.1. The molecule has 3 aliphatic rings. The van der Waals surface area contributed by atoms with Crippen LogP contribution < -0.4 is 10.6 Å². The SMILES string of the molecule is N#CC(c1ccc(NC(=O)C2NCc3cc(SCC4CC4)ccc32)cc1)(C(F)(F)F)C(F)(F)F.OCC1c2ccccc2-c2ccccc21. The number of aliphatic hydroxyl groups is 1. The molecule has 1 fully saturated rings. The molecule has 1 aliphatic heterocycles. The number of nitrogens with one attached hydrogen (secondary N) is 2. The van der Waals surface area contributed by atoms with Gasteiger partial charge in [-0.2, -0.15) is 31.6 Å². The fourth-order valence-electron chi connectivity index (χ4n) is 6.31. The molecule has 4 aromatic rings. The van der Waals surface area contributed by atoms with Crippen molar-refractivity contribution < 1.29 is 36.2 Å². The van der Waals surface area contributed by atoms with Crippen molar-refractivity contribution in [3.63, 3.8) is 0 Å². The van der Waals surface area contributed by atoms with E-state index in [-0.39, 0.29) is 18.2 Å². The third-order valence-corrected chi connectivity index (χ3v) is 10.3. The summed E-state index contributed by atoms with van der Waals surface area (Å²) < 4.78 is 79.9. The van der Waals surface area contributed by atoms with E-state index in [0.717, 1.165) is 39.8 Å². The summed E-state index contributed by atoms with van der Waals surface area (Å²) >= 11 is 1.77. The van der Waals surface area contributed by atoms with E-state index in [1.54, 1.807) is 11.8 Å². The Labute approximate surface area is 283 Å². The van der Waals surface area contributed by atoms with Gasteiger partial charge < -0.3 is 10.4 Å². The Kier molecular flexibility index (Phi) is 9.55. The number of hydrogen-bond donors (Lipinski definition) is 3. The topological polar surface area (TPSA) is 85.2 Å². The van der Waals surface area contributed by atoms with E-state index in [1.807, 2.05) is 30.3 Å². The highest BCUT2D eigenvalue weighted by Crippen LogP contribution is 2.52. The molecular weight excluding hydrogens is 664 g/mol. The number of hydrogen-bond acceptors (Lipinski definition) is 5. The largest absolute Gasteiger partial charge is 0.420 e. The van der Waals surface area contributed by atoms with E-state index in [9.17, 15) is 36.2 Å². The molecule has 2 aliphatic carbocycles. The molecule has 1 atom stereocenters. The Bertz CT molecular complexity index is 1820. The molecule has 1 unspecified atom stereocenters. The molecule has 1 amide bonds.